The summed E-state index contributed by atoms with van der Waals surface area (Å²) >= 11 is 0. The van der Waals surface area contributed by atoms with Gasteiger partial charge in [0.25, 0.3) is 5.69 Å². The molecule has 13 heteroatoms. The Morgan fingerprint density at radius 1 is 1.13 bits per heavy atom. The Morgan fingerprint density at radius 3 is 2.03 bits per heavy atom. The highest BCUT2D eigenvalue weighted by Gasteiger charge is 2.60. The molecule has 1 aromatic carbocycles. The van der Waals surface area contributed by atoms with Crippen LogP contribution in [0.4, 0.5) is 19.7 Å². The fourth-order valence-corrected chi connectivity index (χ4v) is 6.43. The topological polar surface area (TPSA) is 145 Å². The van der Waals surface area contributed by atoms with Crippen LogP contribution in [-0.4, -0.2) is 57.5 Å². The highest BCUT2D eigenvalue weighted by atomic mass is 32.2. The van der Waals surface area contributed by atoms with E-state index in [0.717, 1.165) is 18.2 Å². The number of hydrogen-bond donors (Lipinski definition) is 0. The molecule has 0 aromatic heterocycles. The van der Waals surface area contributed by atoms with Gasteiger partial charge >= 0.3 is 12.2 Å². The second kappa shape index (κ2) is 10.3. The van der Waals surface area contributed by atoms with E-state index in [9.17, 15) is 28.1 Å². The summed E-state index contributed by atoms with van der Waals surface area (Å²) in [5.41, 5.74) is -5.14. The largest absolute Gasteiger partial charge is 0.443 e. The first-order chi connectivity index (χ1) is 17.5. The second-order valence-electron chi connectivity index (χ2n) is 11.9. The van der Waals surface area contributed by atoms with Gasteiger partial charge in [-0.3, -0.25) is 15.1 Å². The van der Waals surface area contributed by atoms with Crippen molar-refractivity contribution < 1.29 is 36.8 Å². The van der Waals surface area contributed by atoms with Crippen molar-refractivity contribution in [1.82, 2.24) is 4.90 Å². The van der Waals surface area contributed by atoms with Crippen molar-refractivity contribution in [2.24, 2.45) is 4.99 Å². The Morgan fingerprint density at radius 2 is 1.62 bits per heavy atom. The summed E-state index contributed by atoms with van der Waals surface area (Å²) in [6, 6.07) is 2.67. The first kappa shape index (κ1) is 31.9. The molecule has 0 saturated carbocycles. The van der Waals surface area contributed by atoms with Crippen molar-refractivity contribution in [1.29, 1.82) is 0 Å². The van der Waals surface area contributed by atoms with Gasteiger partial charge in [-0.1, -0.05) is 6.08 Å². The van der Waals surface area contributed by atoms with Crippen LogP contribution < -0.4 is 0 Å². The maximum absolute atomic E-state index is 15.3. The Kier molecular flexibility index (Phi) is 8.43. The first-order valence-corrected chi connectivity index (χ1v) is 13.7. The van der Waals surface area contributed by atoms with E-state index in [4.69, 9.17) is 9.47 Å². The standard InChI is InChI=1S/C26H36FN3O8S/c1-11-12-19-26(10,17-15-16(30(33)34)13-14-18(17)27)28-20(25(8,9)39(19,35)36)29(21(31)37-23(2,3)4)22(32)38-24(5,6)7/h11,13-15,19H,1,12H2,2-10H3. The van der Waals surface area contributed by atoms with Crippen LogP contribution in [0.2, 0.25) is 0 Å². The number of allylic oxidation sites excluding steroid dienone is 1. The number of hydrogen-bond acceptors (Lipinski definition) is 9. The van der Waals surface area contributed by atoms with Crippen LogP contribution in [0, 0.1) is 15.9 Å². The molecule has 0 radical (unpaired) electrons. The SMILES string of the molecule is C=CCC1C(C)(c2cc([N+](=O)[O-])ccc2F)N=C(N(C(=O)OC(C)(C)C)C(=O)OC(C)(C)C)C(C)(C)S1(=O)=O. The molecule has 1 aliphatic heterocycles. The number of carbonyl (C=O) groups excluding carboxylic acids is 2. The lowest BCUT2D eigenvalue weighted by molar-refractivity contribution is -0.385. The number of amidine groups is 1. The van der Waals surface area contributed by atoms with Crippen molar-refractivity contribution in [2.45, 2.75) is 95.5 Å². The lowest BCUT2D eigenvalue weighted by Crippen LogP contribution is -2.64. The number of sulfone groups is 1. The van der Waals surface area contributed by atoms with E-state index in [0.29, 0.717) is 4.90 Å². The third-order valence-electron chi connectivity index (χ3n) is 6.04. The van der Waals surface area contributed by atoms with Gasteiger partial charge in [-0.25, -0.2) is 22.4 Å². The fraction of sp³-hybridized carbons (Fsp3) is 0.577. The Labute approximate surface area is 228 Å². The molecule has 2 atom stereocenters. The number of benzene rings is 1. The average molecular weight is 570 g/mol. The lowest BCUT2D eigenvalue weighted by Gasteiger charge is -2.46. The van der Waals surface area contributed by atoms with Gasteiger partial charge < -0.3 is 9.47 Å². The van der Waals surface area contributed by atoms with Gasteiger partial charge in [0.1, 0.15) is 33.1 Å². The van der Waals surface area contributed by atoms with E-state index in [2.05, 4.69) is 11.6 Å². The van der Waals surface area contributed by atoms with Crippen LogP contribution in [0.15, 0.2) is 35.8 Å². The molecule has 0 N–H and O–H groups in total. The molecule has 2 unspecified atom stereocenters. The van der Waals surface area contributed by atoms with Gasteiger partial charge in [-0.2, -0.15) is 4.90 Å². The van der Waals surface area contributed by atoms with Gasteiger partial charge in [0.05, 0.1) is 10.2 Å². The minimum Gasteiger partial charge on any atom is -0.443 e. The molecule has 2 amide bonds. The van der Waals surface area contributed by atoms with Crippen molar-refractivity contribution in [3.63, 3.8) is 0 Å². The number of ether oxygens (including phenoxy) is 2. The number of imide groups is 1. The monoisotopic (exact) mass is 569 g/mol. The summed E-state index contributed by atoms with van der Waals surface area (Å²) in [6.07, 6.45) is -1.42. The molecule has 0 bridgehead atoms. The summed E-state index contributed by atoms with van der Waals surface area (Å²) in [5, 5.41) is 10.0. The van der Waals surface area contributed by atoms with Gasteiger partial charge in [-0.15, -0.1) is 6.58 Å². The van der Waals surface area contributed by atoms with E-state index in [1.54, 1.807) is 41.5 Å². The smallest absolute Gasteiger partial charge is 0.425 e. The summed E-state index contributed by atoms with van der Waals surface area (Å²) in [7, 11) is -4.41. The quantitative estimate of drug-likeness (QED) is 0.256. The zero-order chi connectivity index (χ0) is 30.4. The van der Waals surface area contributed by atoms with Crippen LogP contribution in [0.3, 0.4) is 0 Å². The van der Waals surface area contributed by atoms with E-state index in [-0.39, 0.29) is 6.42 Å². The number of non-ortho nitro benzene ring substituents is 1. The second-order valence-corrected chi connectivity index (χ2v) is 14.5. The molecule has 2 rings (SSSR count). The lowest BCUT2D eigenvalue weighted by atomic mass is 9.85. The third kappa shape index (κ3) is 6.29. The van der Waals surface area contributed by atoms with E-state index >= 15 is 4.39 Å². The number of aliphatic imine (C=N–C) groups is 1. The molecule has 1 heterocycles. The molecule has 0 spiro atoms. The van der Waals surface area contributed by atoms with E-state index in [1.807, 2.05) is 0 Å². The Bertz CT molecular complexity index is 1300. The minimum absolute atomic E-state index is 0.208. The van der Waals surface area contributed by atoms with Gasteiger partial charge in [0.15, 0.2) is 9.84 Å². The zero-order valence-electron chi connectivity index (χ0n) is 23.7. The molecule has 1 aliphatic rings. The molecular weight excluding hydrogens is 533 g/mol. The van der Waals surface area contributed by atoms with Gasteiger partial charge in [0.2, 0.25) is 0 Å². The van der Waals surface area contributed by atoms with Crippen molar-refractivity contribution in [2.75, 3.05) is 0 Å². The molecule has 39 heavy (non-hydrogen) atoms. The molecule has 0 saturated heterocycles. The number of nitro groups is 1. The van der Waals surface area contributed by atoms with Crippen LogP contribution in [0.1, 0.15) is 74.3 Å². The van der Waals surface area contributed by atoms with Crippen LogP contribution in [-0.2, 0) is 24.8 Å². The van der Waals surface area contributed by atoms with Crippen LogP contribution in [0.5, 0.6) is 0 Å². The molecule has 0 fully saturated rings. The highest BCUT2D eigenvalue weighted by molar-refractivity contribution is 7.94. The van der Waals surface area contributed by atoms with Crippen molar-refractivity contribution in [3.8, 4) is 0 Å². The Hall–Kier alpha value is -3.35. The van der Waals surface area contributed by atoms with Crippen molar-refractivity contribution >= 4 is 33.5 Å². The molecule has 216 valence electrons. The number of amides is 2. The molecule has 0 aliphatic carbocycles. The molecule has 1 aromatic rings. The average Bonchev–Trinajstić information content (AvgIpc) is 2.73. The predicted octanol–water partition coefficient (Wildman–Crippen LogP) is 5.67. The van der Waals surface area contributed by atoms with Gasteiger partial charge in [0, 0.05) is 17.7 Å². The normalized spacial score (nSPS) is 22.3. The number of nitro benzene ring substituents is 1. The third-order valence-corrected chi connectivity index (χ3v) is 9.05. The van der Waals surface area contributed by atoms with Crippen molar-refractivity contribution in [3.05, 3.63) is 52.3 Å². The van der Waals surface area contributed by atoms with E-state index in [1.165, 1.54) is 26.8 Å². The highest BCUT2D eigenvalue weighted by Crippen LogP contribution is 2.47. The molecular formula is C26H36FN3O8S. The molecule has 11 nitrogen and oxygen atoms in total. The summed E-state index contributed by atoms with van der Waals surface area (Å²) < 4.78 is 52.4. The zero-order valence-corrected chi connectivity index (χ0v) is 24.5. The maximum atomic E-state index is 15.3. The first-order valence-electron chi connectivity index (χ1n) is 12.1. The summed E-state index contributed by atoms with van der Waals surface area (Å²) in [4.78, 5) is 42.5. The number of halogens is 1. The number of carbonyl (C=O) groups is 2. The predicted molar refractivity (Wildman–Crippen MR) is 144 cm³/mol. The fourth-order valence-electron chi connectivity index (χ4n) is 4.15. The maximum Gasteiger partial charge on any atom is 0.425 e. The number of rotatable bonds is 4. The minimum atomic E-state index is -4.41. The van der Waals surface area contributed by atoms with E-state index < -0.39 is 76.6 Å². The van der Waals surface area contributed by atoms with Crippen LogP contribution >= 0.6 is 0 Å². The van der Waals surface area contributed by atoms with Gasteiger partial charge in [-0.05, 0) is 74.8 Å². The summed E-state index contributed by atoms with van der Waals surface area (Å²) in [6.45, 7) is 16.7. The summed E-state index contributed by atoms with van der Waals surface area (Å²) in [5.74, 6) is -1.55. The Balaban J connectivity index is 3.04. The number of nitrogens with zero attached hydrogens (tertiary/aromatic N) is 3. The van der Waals surface area contributed by atoms with Crippen LogP contribution in [0.25, 0.3) is 0 Å².